The fourth-order valence-corrected chi connectivity index (χ4v) is 3.10. The van der Waals surface area contributed by atoms with Gasteiger partial charge >= 0.3 is 11.1 Å². The zero-order chi connectivity index (χ0) is 14.6. The number of thioether (sulfide) groups is 1. The van der Waals surface area contributed by atoms with Gasteiger partial charge in [-0.15, -0.1) is 0 Å². The average molecular weight is 337 g/mol. The Kier molecular flexibility index (Phi) is 13.0. The molecule has 0 fully saturated rings. The summed E-state index contributed by atoms with van der Waals surface area (Å²) in [5.41, 5.74) is 5.77. The topological polar surface area (TPSA) is 55.3 Å². The number of carbonyl (C=O) groups is 1. The molecule has 0 spiro atoms. The second kappa shape index (κ2) is 13.3. The van der Waals surface area contributed by atoms with Crippen molar-refractivity contribution in [2.75, 3.05) is 25.4 Å². The van der Waals surface area contributed by atoms with Gasteiger partial charge in [-0.25, -0.2) is 9.37 Å². The highest BCUT2D eigenvalue weighted by Crippen LogP contribution is 2.09. The molecule has 0 atom stereocenters. The Bertz CT molecular complexity index is 325. The Morgan fingerprint density at radius 1 is 1.19 bits per heavy atom. The normalized spacial score (nSPS) is 14.1. The lowest BCUT2D eigenvalue weighted by Crippen LogP contribution is -3.00. The van der Waals surface area contributed by atoms with Gasteiger partial charge in [0.25, 0.3) is 0 Å². The number of carbonyl (C=O) groups excluding carboxylic acids is 1. The molecule has 1 aliphatic heterocycles. The van der Waals surface area contributed by atoms with Crippen LogP contribution in [0.4, 0.5) is 0 Å². The number of nitrogens with two attached hydrogens (primary N) is 1. The fraction of sp³-hybridized carbons (Fsp3) is 0.867. The van der Waals surface area contributed by atoms with Gasteiger partial charge in [-0.05, 0) is 18.2 Å². The van der Waals surface area contributed by atoms with Crippen molar-refractivity contribution in [3.8, 4) is 0 Å². The largest absolute Gasteiger partial charge is 1.00 e. The van der Waals surface area contributed by atoms with Crippen LogP contribution in [0.15, 0.2) is 0 Å². The third-order valence-electron chi connectivity index (χ3n) is 3.50. The summed E-state index contributed by atoms with van der Waals surface area (Å²) in [4.78, 5) is 11.6. The quantitative estimate of drug-likeness (QED) is 0.321. The first kappa shape index (κ1) is 20.6. The van der Waals surface area contributed by atoms with Crippen LogP contribution in [0.1, 0.15) is 58.3 Å². The van der Waals surface area contributed by atoms with Crippen LogP contribution in [0.2, 0.25) is 0 Å². The molecule has 4 nitrogen and oxygen atoms in total. The van der Waals surface area contributed by atoms with Crippen LogP contribution in [0, 0.1) is 0 Å². The second-order valence-electron chi connectivity index (χ2n) is 5.30. The van der Waals surface area contributed by atoms with Gasteiger partial charge in [0.15, 0.2) is 6.54 Å². The summed E-state index contributed by atoms with van der Waals surface area (Å²) in [6.45, 7) is 3.94. The molecule has 124 valence electrons. The zero-order valence-electron chi connectivity index (χ0n) is 13.1. The van der Waals surface area contributed by atoms with Crippen molar-refractivity contribution in [3.05, 3.63) is 0 Å². The van der Waals surface area contributed by atoms with E-state index in [1.165, 1.54) is 38.5 Å². The highest BCUT2D eigenvalue weighted by atomic mass is 35.5. The minimum atomic E-state index is -0.154. The SMILES string of the molecule is CCCCCCCCCCOC(=O)C[N+]1=C(N)SCC1.[Cl-]. The van der Waals surface area contributed by atoms with E-state index in [-0.39, 0.29) is 18.4 Å². The molecule has 0 aliphatic carbocycles. The summed E-state index contributed by atoms with van der Waals surface area (Å²) in [6.07, 6.45) is 10.1. The van der Waals surface area contributed by atoms with Crippen LogP contribution in [0.5, 0.6) is 0 Å². The minimum absolute atomic E-state index is 0. The molecule has 0 aromatic heterocycles. The number of ether oxygens (including phenoxy) is 1. The van der Waals surface area contributed by atoms with Gasteiger partial charge in [-0.2, -0.15) is 0 Å². The molecule has 1 aliphatic rings. The first-order valence-electron chi connectivity index (χ1n) is 7.90. The van der Waals surface area contributed by atoms with Crippen molar-refractivity contribution >= 4 is 22.9 Å². The molecule has 0 aromatic rings. The van der Waals surface area contributed by atoms with E-state index in [4.69, 9.17) is 10.5 Å². The average Bonchev–Trinajstić information content (AvgIpc) is 2.82. The molecule has 6 heteroatoms. The predicted molar refractivity (Wildman–Crippen MR) is 85.2 cm³/mol. The van der Waals surface area contributed by atoms with E-state index in [0.29, 0.717) is 13.2 Å². The van der Waals surface area contributed by atoms with E-state index in [0.717, 1.165) is 30.3 Å². The van der Waals surface area contributed by atoms with Gasteiger partial charge in [0.05, 0.1) is 13.2 Å². The van der Waals surface area contributed by atoms with Crippen molar-refractivity contribution in [3.63, 3.8) is 0 Å². The molecule has 0 bridgehead atoms. The van der Waals surface area contributed by atoms with Crippen molar-refractivity contribution in [1.82, 2.24) is 0 Å². The van der Waals surface area contributed by atoms with Crippen molar-refractivity contribution < 1.29 is 26.5 Å². The number of unbranched alkanes of at least 4 members (excludes halogenated alkanes) is 7. The fourth-order valence-electron chi connectivity index (χ4n) is 2.24. The number of esters is 1. The molecule has 21 heavy (non-hydrogen) atoms. The monoisotopic (exact) mass is 336 g/mol. The number of hydrogen-bond donors (Lipinski definition) is 1. The standard InChI is InChI=1S/C15H28N2O2S.ClH/c1-2-3-4-5-6-7-8-9-11-19-14(18)13-17-10-12-20-15(17)16;/h16H,2-13H2,1H3;1H. The van der Waals surface area contributed by atoms with E-state index in [1.807, 2.05) is 4.58 Å². The highest BCUT2D eigenvalue weighted by Gasteiger charge is 2.20. The lowest BCUT2D eigenvalue weighted by molar-refractivity contribution is -0.509. The summed E-state index contributed by atoms with van der Waals surface area (Å²) < 4.78 is 7.13. The highest BCUT2D eigenvalue weighted by molar-refractivity contribution is 8.13. The van der Waals surface area contributed by atoms with E-state index in [1.54, 1.807) is 11.8 Å². The summed E-state index contributed by atoms with van der Waals surface area (Å²) in [5, 5.41) is 0.744. The van der Waals surface area contributed by atoms with Crippen LogP contribution >= 0.6 is 11.8 Å². The smallest absolute Gasteiger partial charge is 0.348 e. The Balaban J connectivity index is 0.00000400. The lowest BCUT2D eigenvalue weighted by atomic mass is 10.1. The van der Waals surface area contributed by atoms with Crippen LogP contribution in [0.25, 0.3) is 0 Å². The molecule has 2 N–H and O–H groups in total. The Morgan fingerprint density at radius 2 is 1.81 bits per heavy atom. The lowest BCUT2D eigenvalue weighted by Gasteiger charge is -2.05. The third kappa shape index (κ3) is 10.0. The summed E-state index contributed by atoms with van der Waals surface area (Å²) >= 11 is 1.60. The van der Waals surface area contributed by atoms with Crippen LogP contribution in [-0.2, 0) is 9.53 Å². The number of rotatable bonds is 11. The minimum Gasteiger partial charge on any atom is -1.00 e. The van der Waals surface area contributed by atoms with Gasteiger partial charge in [0.1, 0.15) is 0 Å². The Hall–Kier alpha value is -0.420. The first-order chi connectivity index (χ1) is 9.74. The third-order valence-corrected chi connectivity index (χ3v) is 4.44. The van der Waals surface area contributed by atoms with Crippen LogP contribution < -0.4 is 18.1 Å². The molecule has 0 radical (unpaired) electrons. The maximum absolute atomic E-state index is 11.6. The van der Waals surface area contributed by atoms with E-state index in [9.17, 15) is 4.79 Å². The first-order valence-corrected chi connectivity index (χ1v) is 8.88. The van der Waals surface area contributed by atoms with E-state index < -0.39 is 0 Å². The molecule has 0 aromatic carbocycles. The zero-order valence-corrected chi connectivity index (χ0v) is 14.7. The molecule has 0 unspecified atom stereocenters. The van der Waals surface area contributed by atoms with Gasteiger partial charge in [-0.1, -0.05) is 51.9 Å². The number of halogens is 1. The summed E-state index contributed by atoms with van der Waals surface area (Å²) in [6, 6.07) is 0. The van der Waals surface area contributed by atoms with E-state index >= 15 is 0 Å². The van der Waals surface area contributed by atoms with Crippen molar-refractivity contribution in [2.24, 2.45) is 5.73 Å². The number of amidine groups is 1. The Labute approximate surface area is 139 Å². The summed E-state index contributed by atoms with van der Waals surface area (Å²) in [5.74, 6) is 0.815. The predicted octanol–water partition coefficient (Wildman–Crippen LogP) is -0.252. The van der Waals surface area contributed by atoms with Crippen LogP contribution in [-0.4, -0.2) is 41.2 Å². The van der Waals surface area contributed by atoms with Crippen LogP contribution in [0.3, 0.4) is 0 Å². The molecule has 0 saturated carbocycles. The van der Waals surface area contributed by atoms with E-state index in [2.05, 4.69) is 6.92 Å². The van der Waals surface area contributed by atoms with Crippen molar-refractivity contribution in [1.29, 1.82) is 0 Å². The van der Waals surface area contributed by atoms with Gasteiger partial charge < -0.3 is 17.1 Å². The molecule has 0 amide bonds. The molecule has 1 heterocycles. The number of nitrogens with zero attached hydrogens (tertiary/aromatic N) is 1. The number of hydrogen-bond acceptors (Lipinski definition) is 4. The Morgan fingerprint density at radius 3 is 2.38 bits per heavy atom. The molecule has 1 rings (SSSR count). The van der Waals surface area contributed by atoms with Gasteiger partial charge in [0.2, 0.25) is 0 Å². The maximum atomic E-state index is 11.6. The maximum Gasteiger partial charge on any atom is 0.348 e. The molecular weight excluding hydrogens is 308 g/mol. The second-order valence-corrected chi connectivity index (χ2v) is 6.42. The molecular formula is C15H29ClN2O2S. The van der Waals surface area contributed by atoms with Gasteiger partial charge in [-0.3, -0.25) is 5.73 Å². The van der Waals surface area contributed by atoms with Gasteiger partial charge in [0, 0.05) is 5.75 Å². The van der Waals surface area contributed by atoms with Crippen molar-refractivity contribution in [2.45, 2.75) is 58.3 Å². The molecule has 0 saturated heterocycles. The summed E-state index contributed by atoms with van der Waals surface area (Å²) in [7, 11) is 0.